The Kier molecular flexibility index (Phi) is 5.22. The average molecular weight is 386 g/mol. The molecule has 2 aliphatic rings. The van der Waals surface area contributed by atoms with Gasteiger partial charge in [0.1, 0.15) is 11.1 Å². The number of furan rings is 1. The minimum atomic E-state index is -0.0426. The molecule has 0 bridgehead atoms. The molecule has 1 atom stereocenters. The monoisotopic (exact) mass is 386 g/mol. The molecule has 0 unspecified atom stereocenters. The summed E-state index contributed by atoms with van der Waals surface area (Å²) in [6.45, 7) is 4.05. The molecule has 1 aromatic carbocycles. The topological polar surface area (TPSA) is 58.2 Å². The van der Waals surface area contributed by atoms with Crippen LogP contribution in [0, 0.1) is 0 Å². The van der Waals surface area contributed by atoms with E-state index in [0.717, 1.165) is 37.5 Å². The summed E-state index contributed by atoms with van der Waals surface area (Å²) in [4.78, 5) is 30.2. The van der Waals surface area contributed by atoms with Crippen LogP contribution in [0.3, 0.4) is 0 Å². The number of hydrogen-bond acceptors (Lipinski definition) is 4. The van der Waals surface area contributed by atoms with Crippen LogP contribution in [0.5, 0.6) is 0 Å². The predicted molar refractivity (Wildman–Crippen MR) is 103 cm³/mol. The lowest BCUT2D eigenvalue weighted by Gasteiger charge is -2.30. The van der Waals surface area contributed by atoms with E-state index in [0.29, 0.717) is 17.9 Å². The first-order chi connectivity index (χ1) is 13.1. The molecule has 1 N–H and O–H groups in total. The summed E-state index contributed by atoms with van der Waals surface area (Å²) in [5, 5.41) is -0.0426. The van der Waals surface area contributed by atoms with E-state index < -0.39 is 0 Å². The zero-order valence-corrected chi connectivity index (χ0v) is 16.2. The van der Waals surface area contributed by atoms with Crippen molar-refractivity contribution in [3.8, 4) is 0 Å². The molecule has 0 aliphatic carbocycles. The van der Waals surface area contributed by atoms with Crippen molar-refractivity contribution in [1.82, 2.24) is 9.80 Å². The number of carbonyl (C=O) groups excluding carboxylic acids is 2. The molecule has 2 fully saturated rings. The fraction of sp³-hybridized carbons (Fsp3) is 0.400. The Morgan fingerprint density at radius 2 is 1.96 bits per heavy atom. The van der Waals surface area contributed by atoms with Crippen molar-refractivity contribution in [3.05, 3.63) is 59.5 Å². The molecule has 142 valence electrons. The number of nitrogens with zero attached hydrogens (tertiary/aromatic N) is 2. The van der Waals surface area contributed by atoms with Crippen LogP contribution in [0.25, 0.3) is 0 Å². The molecule has 7 heteroatoms. The molecule has 3 heterocycles. The van der Waals surface area contributed by atoms with E-state index >= 15 is 0 Å². The van der Waals surface area contributed by atoms with E-state index in [4.69, 9.17) is 4.42 Å². The zero-order chi connectivity index (χ0) is 18.8. The molecule has 2 aliphatic heterocycles. The Hall–Kier alpha value is -2.25. The third-order valence-corrected chi connectivity index (χ3v) is 6.48. The number of quaternary nitrogens is 1. The van der Waals surface area contributed by atoms with Crippen LogP contribution in [0.15, 0.2) is 47.1 Å². The Balaban J connectivity index is 1.46. The number of carbonyl (C=O) groups is 2. The molecule has 27 heavy (non-hydrogen) atoms. The van der Waals surface area contributed by atoms with E-state index in [-0.39, 0.29) is 17.2 Å². The average Bonchev–Trinajstić information content (AvgIpc) is 3.33. The minimum absolute atomic E-state index is 0.0426. The summed E-state index contributed by atoms with van der Waals surface area (Å²) < 4.78 is 5.40. The first-order valence-electron chi connectivity index (χ1n) is 9.26. The van der Waals surface area contributed by atoms with Gasteiger partial charge >= 0.3 is 0 Å². The van der Waals surface area contributed by atoms with Gasteiger partial charge in [0.15, 0.2) is 0 Å². The van der Waals surface area contributed by atoms with Gasteiger partial charge in [0.05, 0.1) is 51.8 Å². The van der Waals surface area contributed by atoms with E-state index in [1.807, 2.05) is 46.2 Å². The zero-order valence-electron chi connectivity index (χ0n) is 15.4. The number of amides is 2. The summed E-state index contributed by atoms with van der Waals surface area (Å²) >= 11 is 1.61. The van der Waals surface area contributed by atoms with E-state index in [1.165, 1.54) is 4.90 Å². The molecule has 0 spiro atoms. The first kappa shape index (κ1) is 18.1. The van der Waals surface area contributed by atoms with Crippen molar-refractivity contribution < 1.29 is 18.9 Å². The first-order valence-corrected chi connectivity index (χ1v) is 10.3. The highest BCUT2D eigenvalue weighted by Crippen LogP contribution is 2.39. The van der Waals surface area contributed by atoms with Gasteiger partial charge in [0.25, 0.3) is 5.91 Å². The van der Waals surface area contributed by atoms with Gasteiger partial charge in [-0.1, -0.05) is 12.1 Å². The van der Waals surface area contributed by atoms with Crippen molar-refractivity contribution in [3.63, 3.8) is 0 Å². The van der Waals surface area contributed by atoms with E-state index in [9.17, 15) is 9.59 Å². The summed E-state index contributed by atoms with van der Waals surface area (Å²) in [6.07, 6.45) is 1.62. The molecule has 4 rings (SSSR count). The smallest absolute Gasteiger partial charge is 0.254 e. The number of piperazine rings is 1. The second kappa shape index (κ2) is 7.78. The Morgan fingerprint density at radius 3 is 2.63 bits per heavy atom. The van der Waals surface area contributed by atoms with Gasteiger partial charge < -0.3 is 19.1 Å². The second-order valence-electron chi connectivity index (χ2n) is 7.14. The Morgan fingerprint density at radius 1 is 1.22 bits per heavy atom. The van der Waals surface area contributed by atoms with Crippen LogP contribution in [-0.2, 0) is 11.3 Å². The highest BCUT2D eigenvalue weighted by atomic mass is 32.2. The molecule has 2 aromatic rings. The van der Waals surface area contributed by atoms with Gasteiger partial charge in [-0.05, 0) is 29.8 Å². The molecular formula is C20H24N3O3S+. The van der Waals surface area contributed by atoms with Crippen molar-refractivity contribution >= 4 is 23.6 Å². The van der Waals surface area contributed by atoms with Crippen molar-refractivity contribution in [1.29, 1.82) is 0 Å². The molecule has 0 saturated carbocycles. The number of likely N-dealkylation sites (N-methyl/N-ethyl adjacent to an activating group) is 1. The maximum Gasteiger partial charge on any atom is 0.254 e. The van der Waals surface area contributed by atoms with Crippen LogP contribution in [0.2, 0.25) is 0 Å². The Labute approximate surface area is 163 Å². The standard InChI is InChI=1S/C20H23N3O3S/c1-21-8-10-22(11-9-21)19(25)15-4-6-16(7-5-15)20-23(18(24)14-27-20)13-17-3-2-12-26-17/h2-7,12,20H,8-11,13-14H2,1H3/p+1/t20-/m0/s1. The summed E-state index contributed by atoms with van der Waals surface area (Å²) in [6, 6.07) is 11.4. The molecular weight excluding hydrogens is 362 g/mol. The van der Waals surface area contributed by atoms with Crippen LogP contribution in [0.1, 0.15) is 27.1 Å². The lowest BCUT2D eigenvalue weighted by Crippen LogP contribution is -3.12. The van der Waals surface area contributed by atoms with Gasteiger partial charge in [-0.15, -0.1) is 11.8 Å². The van der Waals surface area contributed by atoms with Gasteiger partial charge in [-0.3, -0.25) is 9.59 Å². The van der Waals surface area contributed by atoms with E-state index in [1.54, 1.807) is 18.0 Å². The lowest BCUT2D eigenvalue weighted by molar-refractivity contribution is -0.883. The number of thioether (sulfide) groups is 1. The maximum absolute atomic E-state index is 12.7. The van der Waals surface area contributed by atoms with Crippen LogP contribution < -0.4 is 4.90 Å². The predicted octanol–water partition coefficient (Wildman–Crippen LogP) is 1.02. The normalized spacial score (nSPS) is 21.1. The molecule has 2 amide bonds. The van der Waals surface area contributed by atoms with Crippen LogP contribution in [-0.4, -0.2) is 60.6 Å². The van der Waals surface area contributed by atoms with Crippen LogP contribution >= 0.6 is 11.8 Å². The molecule has 0 radical (unpaired) electrons. The molecule has 6 nitrogen and oxygen atoms in total. The van der Waals surface area contributed by atoms with Gasteiger partial charge in [0.2, 0.25) is 5.91 Å². The number of benzene rings is 1. The summed E-state index contributed by atoms with van der Waals surface area (Å²) in [5.41, 5.74) is 1.75. The third-order valence-electron chi connectivity index (χ3n) is 5.22. The van der Waals surface area contributed by atoms with Gasteiger partial charge in [-0.25, -0.2) is 0 Å². The second-order valence-corrected chi connectivity index (χ2v) is 8.20. The SMILES string of the molecule is C[NH+]1CCN(C(=O)c2ccc([C@@H]3SCC(=O)N3Cc3ccco3)cc2)CC1. The van der Waals surface area contributed by atoms with Gasteiger partial charge in [-0.2, -0.15) is 0 Å². The van der Waals surface area contributed by atoms with E-state index in [2.05, 4.69) is 7.05 Å². The number of rotatable bonds is 4. The van der Waals surface area contributed by atoms with Gasteiger partial charge in [0, 0.05) is 5.56 Å². The Bertz CT molecular complexity index is 798. The fourth-order valence-electron chi connectivity index (χ4n) is 3.54. The highest BCUT2D eigenvalue weighted by Gasteiger charge is 2.33. The lowest BCUT2D eigenvalue weighted by atomic mass is 10.1. The number of nitrogens with one attached hydrogen (secondary N) is 1. The third kappa shape index (κ3) is 3.89. The van der Waals surface area contributed by atoms with Crippen molar-refractivity contribution in [2.45, 2.75) is 11.9 Å². The molecule has 2 saturated heterocycles. The summed E-state index contributed by atoms with van der Waals surface area (Å²) in [7, 11) is 2.16. The van der Waals surface area contributed by atoms with Crippen LogP contribution in [0.4, 0.5) is 0 Å². The minimum Gasteiger partial charge on any atom is -0.467 e. The van der Waals surface area contributed by atoms with Crippen molar-refractivity contribution in [2.24, 2.45) is 0 Å². The largest absolute Gasteiger partial charge is 0.467 e. The summed E-state index contributed by atoms with van der Waals surface area (Å²) in [5.74, 6) is 1.45. The van der Waals surface area contributed by atoms with Crippen molar-refractivity contribution in [2.75, 3.05) is 39.0 Å². The fourth-order valence-corrected chi connectivity index (χ4v) is 4.72. The maximum atomic E-state index is 12.7. The molecule has 1 aromatic heterocycles. The quantitative estimate of drug-likeness (QED) is 0.853. The highest BCUT2D eigenvalue weighted by molar-refractivity contribution is 8.00. The number of hydrogen-bond donors (Lipinski definition) is 1.